The van der Waals surface area contributed by atoms with Crippen molar-refractivity contribution in [1.82, 2.24) is 0 Å². The van der Waals surface area contributed by atoms with Gasteiger partial charge in [-0.2, -0.15) is 0 Å². The summed E-state index contributed by atoms with van der Waals surface area (Å²) in [6.07, 6.45) is 2.10. The lowest BCUT2D eigenvalue weighted by Crippen LogP contribution is -2.25. The molecule has 0 saturated heterocycles. The Hall–Kier alpha value is -5.72. The number of rotatable bonds is 2. The molecular weight excluding hydrogens is 613 g/mol. The van der Waals surface area contributed by atoms with Gasteiger partial charge in [0.15, 0.2) is 0 Å². The summed E-state index contributed by atoms with van der Waals surface area (Å²) in [7, 11) is 0. The summed E-state index contributed by atoms with van der Waals surface area (Å²) >= 11 is 0. The van der Waals surface area contributed by atoms with E-state index in [2.05, 4.69) is 172 Å². The van der Waals surface area contributed by atoms with Crippen molar-refractivity contribution in [3.8, 4) is 44.5 Å². The average Bonchev–Trinajstić information content (AvgIpc) is 3.76. The Morgan fingerprint density at radius 2 is 0.882 bits per heavy atom. The third-order valence-corrected chi connectivity index (χ3v) is 12.7. The maximum atomic E-state index is 2.57. The molecule has 0 heterocycles. The molecule has 8 aromatic rings. The molecule has 0 aliphatic heterocycles. The lowest BCUT2D eigenvalue weighted by Gasteiger charge is -2.27. The van der Waals surface area contributed by atoms with Crippen LogP contribution in [0.4, 0.5) is 0 Å². The summed E-state index contributed by atoms with van der Waals surface area (Å²) in [4.78, 5) is 0. The molecule has 0 radical (unpaired) electrons. The molecule has 0 atom stereocenters. The summed E-state index contributed by atoms with van der Waals surface area (Å²) in [5, 5.41) is 5.26. The van der Waals surface area contributed by atoms with E-state index in [1.807, 2.05) is 0 Å². The maximum absolute atomic E-state index is 2.57. The Morgan fingerprint density at radius 1 is 0.392 bits per heavy atom. The van der Waals surface area contributed by atoms with Crippen LogP contribution in [0.3, 0.4) is 0 Å². The molecule has 0 nitrogen and oxygen atoms in total. The van der Waals surface area contributed by atoms with Crippen LogP contribution in [0.25, 0.3) is 66.1 Å². The van der Waals surface area contributed by atoms with Crippen LogP contribution in [0.15, 0.2) is 152 Å². The second-order valence-corrected chi connectivity index (χ2v) is 15.8. The number of hydrogen-bond donors (Lipinski definition) is 0. The summed E-state index contributed by atoms with van der Waals surface area (Å²) in [5.41, 5.74) is 20.7. The molecule has 3 aliphatic carbocycles. The van der Waals surface area contributed by atoms with Crippen LogP contribution in [0.1, 0.15) is 52.8 Å². The molecule has 0 amide bonds. The van der Waals surface area contributed by atoms with Gasteiger partial charge in [0, 0.05) is 10.8 Å². The maximum Gasteiger partial charge on any atom is 0.0296 e. The minimum absolute atomic E-state index is 0.0391. The van der Waals surface area contributed by atoms with E-state index in [0.717, 1.165) is 12.8 Å². The van der Waals surface area contributed by atoms with Crippen LogP contribution < -0.4 is 0 Å². The molecule has 8 aromatic carbocycles. The Morgan fingerprint density at radius 3 is 1.57 bits per heavy atom. The Balaban J connectivity index is 1.16. The topological polar surface area (TPSA) is 0 Å². The summed E-state index contributed by atoms with van der Waals surface area (Å²) in [6, 6.07) is 58.1. The molecule has 0 bridgehead atoms. The number of benzene rings is 8. The number of fused-ring (bicyclic) bond motifs is 11. The fourth-order valence-corrected chi connectivity index (χ4v) is 10.4. The standard InChI is InChI=1S/C51H38/c1-31-20-23-42-43(26-31)49(32-21-24-38-36-14-8-10-18-44(36)50(2,3)46(38)27-32)41-17-7-6-16-40(41)48(42)33-22-25-39-37-15-9-11-19-45(37)51(47(39)28-33)29-34-12-4-5-13-35(34)30-51/h4-28H,29-30H2,1-3H3. The average molecular weight is 651 g/mol. The van der Waals surface area contributed by atoms with E-state index in [1.165, 1.54) is 105 Å². The van der Waals surface area contributed by atoms with Crippen LogP contribution in [0, 0.1) is 6.92 Å². The van der Waals surface area contributed by atoms with Gasteiger partial charge >= 0.3 is 0 Å². The highest BCUT2D eigenvalue weighted by Crippen LogP contribution is 2.57. The van der Waals surface area contributed by atoms with Crippen LogP contribution in [0.5, 0.6) is 0 Å². The lowest BCUT2D eigenvalue weighted by molar-refractivity contribution is 0.564. The highest BCUT2D eigenvalue weighted by molar-refractivity contribution is 6.21. The van der Waals surface area contributed by atoms with Crippen molar-refractivity contribution >= 4 is 21.5 Å². The van der Waals surface area contributed by atoms with Gasteiger partial charge in [-0.1, -0.05) is 159 Å². The van der Waals surface area contributed by atoms with Crippen molar-refractivity contribution < 1.29 is 0 Å². The molecule has 11 rings (SSSR count). The van der Waals surface area contributed by atoms with Crippen molar-refractivity contribution in [3.05, 3.63) is 191 Å². The molecule has 51 heavy (non-hydrogen) atoms. The SMILES string of the molecule is Cc1ccc2c(-c3ccc4c(c3)C3(Cc5ccccc5C3)c3ccccc3-4)c3ccccc3c(-c3ccc4c(c3)C(C)(C)c3ccccc3-4)c2c1. The smallest absolute Gasteiger partial charge is 0.0296 e. The fourth-order valence-electron chi connectivity index (χ4n) is 10.4. The fraction of sp³-hybridized carbons (Fsp3) is 0.137. The van der Waals surface area contributed by atoms with Crippen LogP contribution in [-0.2, 0) is 23.7 Å². The first-order chi connectivity index (χ1) is 24.9. The number of hydrogen-bond acceptors (Lipinski definition) is 0. The van der Waals surface area contributed by atoms with Crippen molar-refractivity contribution in [2.24, 2.45) is 0 Å². The molecule has 242 valence electrons. The molecule has 0 saturated carbocycles. The van der Waals surface area contributed by atoms with Gasteiger partial charge in [0.1, 0.15) is 0 Å². The van der Waals surface area contributed by atoms with E-state index in [-0.39, 0.29) is 10.8 Å². The van der Waals surface area contributed by atoms with E-state index < -0.39 is 0 Å². The van der Waals surface area contributed by atoms with Crippen LogP contribution >= 0.6 is 0 Å². The van der Waals surface area contributed by atoms with Crippen molar-refractivity contribution in [3.63, 3.8) is 0 Å². The van der Waals surface area contributed by atoms with Gasteiger partial charge in [0.25, 0.3) is 0 Å². The Kier molecular flexibility index (Phi) is 5.80. The zero-order chi connectivity index (χ0) is 34.1. The molecule has 0 fully saturated rings. The quantitative estimate of drug-likeness (QED) is 0.163. The van der Waals surface area contributed by atoms with Gasteiger partial charge in [-0.3, -0.25) is 0 Å². The molecule has 3 aliphatic rings. The van der Waals surface area contributed by atoms with Gasteiger partial charge in [0.2, 0.25) is 0 Å². The monoisotopic (exact) mass is 650 g/mol. The van der Waals surface area contributed by atoms with Crippen molar-refractivity contribution in [2.75, 3.05) is 0 Å². The predicted molar refractivity (Wildman–Crippen MR) is 215 cm³/mol. The largest absolute Gasteiger partial charge is 0.0620 e. The molecule has 0 N–H and O–H groups in total. The zero-order valence-corrected chi connectivity index (χ0v) is 29.3. The normalized spacial score (nSPS) is 15.5. The van der Waals surface area contributed by atoms with Gasteiger partial charge in [-0.05, 0) is 131 Å². The van der Waals surface area contributed by atoms with E-state index in [4.69, 9.17) is 0 Å². The van der Waals surface area contributed by atoms with Crippen molar-refractivity contribution in [1.29, 1.82) is 0 Å². The van der Waals surface area contributed by atoms with Gasteiger partial charge in [-0.15, -0.1) is 0 Å². The van der Waals surface area contributed by atoms with E-state index in [9.17, 15) is 0 Å². The highest BCUT2D eigenvalue weighted by atomic mass is 14.5. The summed E-state index contributed by atoms with van der Waals surface area (Å²) < 4.78 is 0. The first kappa shape index (κ1) is 29.1. The van der Waals surface area contributed by atoms with E-state index >= 15 is 0 Å². The molecule has 0 heteroatoms. The summed E-state index contributed by atoms with van der Waals surface area (Å²) in [6.45, 7) is 6.99. The zero-order valence-electron chi connectivity index (χ0n) is 29.3. The third kappa shape index (κ3) is 3.86. The molecule has 0 aromatic heterocycles. The molecule has 0 unspecified atom stereocenters. The van der Waals surface area contributed by atoms with Gasteiger partial charge < -0.3 is 0 Å². The van der Waals surface area contributed by atoms with Gasteiger partial charge in [-0.25, -0.2) is 0 Å². The van der Waals surface area contributed by atoms with Crippen LogP contribution in [0.2, 0.25) is 0 Å². The third-order valence-electron chi connectivity index (χ3n) is 12.7. The minimum Gasteiger partial charge on any atom is -0.0620 e. The molecular formula is C51H38. The van der Waals surface area contributed by atoms with E-state index in [0.29, 0.717) is 0 Å². The first-order valence-electron chi connectivity index (χ1n) is 18.4. The van der Waals surface area contributed by atoms with Crippen LogP contribution in [-0.4, -0.2) is 0 Å². The first-order valence-corrected chi connectivity index (χ1v) is 18.4. The number of aryl methyl sites for hydroxylation is 1. The lowest BCUT2D eigenvalue weighted by atomic mass is 9.75. The minimum atomic E-state index is -0.0543. The molecule has 1 spiro atoms. The predicted octanol–water partition coefficient (Wildman–Crippen LogP) is 13.0. The second kappa shape index (κ2) is 10.2. The Labute approximate surface area is 300 Å². The van der Waals surface area contributed by atoms with Crippen molar-refractivity contribution in [2.45, 2.75) is 44.4 Å². The Bertz CT molecular complexity index is 2770. The van der Waals surface area contributed by atoms with Gasteiger partial charge in [0.05, 0.1) is 0 Å². The van der Waals surface area contributed by atoms with E-state index in [1.54, 1.807) is 0 Å². The second-order valence-electron chi connectivity index (χ2n) is 15.8. The summed E-state index contributed by atoms with van der Waals surface area (Å²) in [5.74, 6) is 0. The highest BCUT2D eigenvalue weighted by Gasteiger charge is 2.47.